The average molecular weight is 415 g/mol. The van der Waals surface area contributed by atoms with Gasteiger partial charge in [-0.2, -0.15) is 0 Å². The van der Waals surface area contributed by atoms with Gasteiger partial charge in [0.15, 0.2) is 0 Å². The molecule has 0 spiro atoms. The fourth-order valence-electron chi connectivity index (χ4n) is 3.04. The Bertz CT molecular complexity index is 1330. The van der Waals surface area contributed by atoms with E-state index in [4.69, 9.17) is 16.3 Å². The van der Waals surface area contributed by atoms with E-state index in [9.17, 15) is 4.79 Å². The summed E-state index contributed by atoms with van der Waals surface area (Å²) in [6, 6.07) is 30.7. The van der Waals surface area contributed by atoms with Crippen LogP contribution in [0, 0.1) is 0 Å². The number of ether oxygens (including phenoxy) is 1. The first-order chi connectivity index (χ1) is 14.7. The lowest BCUT2D eigenvalue weighted by molar-refractivity contribution is 0.309. The minimum absolute atomic E-state index is 0.0521. The van der Waals surface area contributed by atoms with Crippen molar-refractivity contribution in [2.75, 3.05) is 0 Å². The predicted molar refractivity (Wildman–Crippen MR) is 122 cm³/mol. The van der Waals surface area contributed by atoms with Crippen molar-refractivity contribution in [2.45, 2.75) is 6.61 Å². The second-order valence-electron chi connectivity index (χ2n) is 6.65. The molecule has 0 amide bonds. The number of pyridine rings is 2. The second kappa shape index (κ2) is 9.25. The molecule has 0 bridgehead atoms. The predicted octanol–water partition coefficient (Wildman–Crippen LogP) is 6.00. The van der Waals surface area contributed by atoms with Crippen LogP contribution in [0.3, 0.4) is 0 Å². The maximum absolute atomic E-state index is 10.8. The summed E-state index contributed by atoms with van der Waals surface area (Å²) >= 11 is 5.94. The summed E-state index contributed by atoms with van der Waals surface area (Å²) in [5.74, 6) is 0.754. The van der Waals surface area contributed by atoms with Crippen molar-refractivity contribution in [3.63, 3.8) is 0 Å². The highest BCUT2D eigenvalue weighted by molar-refractivity contribution is 6.29. The molecular formula is C25H19ClN2O2. The number of halogens is 1. The van der Waals surface area contributed by atoms with Gasteiger partial charge >= 0.3 is 0 Å². The van der Waals surface area contributed by atoms with E-state index in [2.05, 4.69) is 9.97 Å². The highest BCUT2D eigenvalue weighted by atomic mass is 35.5. The third kappa shape index (κ3) is 4.85. The number of H-pyrrole nitrogens is 1. The third-order valence-electron chi connectivity index (χ3n) is 4.52. The zero-order chi connectivity index (χ0) is 20.8. The van der Waals surface area contributed by atoms with Crippen LogP contribution in [0.15, 0.2) is 102 Å². The fourth-order valence-corrected chi connectivity index (χ4v) is 3.19. The van der Waals surface area contributed by atoms with Crippen LogP contribution in [0.25, 0.3) is 21.8 Å². The topological polar surface area (TPSA) is 55.0 Å². The van der Waals surface area contributed by atoms with Crippen LogP contribution in [0.4, 0.5) is 0 Å². The van der Waals surface area contributed by atoms with Gasteiger partial charge < -0.3 is 9.72 Å². The minimum Gasteiger partial charge on any atom is -0.487 e. The Labute approximate surface area is 178 Å². The number of hydrogen-bond donors (Lipinski definition) is 1. The molecule has 5 rings (SSSR count). The number of hydrogen-bond acceptors (Lipinski definition) is 3. The maximum atomic E-state index is 10.8. The number of fused-ring (bicyclic) bond motifs is 2. The average Bonchev–Trinajstić information content (AvgIpc) is 2.79. The molecule has 148 valence electrons. The minimum atomic E-state index is -0.0521. The van der Waals surface area contributed by atoms with Crippen LogP contribution < -0.4 is 10.3 Å². The number of aromatic amines is 1. The van der Waals surface area contributed by atoms with Gasteiger partial charge in [-0.3, -0.25) is 4.79 Å². The molecule has 0 unspecified atom stereocenters. The van der Waals surface area contributed by atoms with E-state index in [1.165, 1.54) is 6.07 Å². The Morgan fingerprint density at radius 2 is 1.50 bits per heavy atom. The summed E-state index contributed by atoms with van der Waals surface area (Å²) in [6.45, 7) is 0.522. The van der Waals surface area contributed by atoms with E-state index < -0.39 is 0 Å². The van der Waals surface area contributed by atoms with Gasteiger partial charge in [-0.1, -0.05) is 72.3 Å². The summed E-state index contributed by atoms with van der Waals surface area (Å²) in [5.41, 5.74) is 2.76. The normalized spacial score (nSPS) is 10.4. The molecule has 0 fully saturated rings. The molecule has 2 aromatic heterocycles. The zero-order valence-corrected chi connectivity index (χ0v) is 16.8. The molecule has 1 N–H and O–H groups in total. The Morgan fingerprint density at radius 3 is 2.37 bits per heavy atom. The molecule has 0 saturated carbocycles. The summed E-state index contributed by atoms with van der Waals surface area (Å²) in [6.07, 6.45) is 0. The van der Waals surface area contributed by atoms with E-state index in [0.29, 0.717) is 11.8 Å². The van der Waals surface area contributed by atoms with E-state index in [1.54, 1.807) is 6.07 Å². The largest absolute Gasteiger partial charge is 0.487 e. The molecule has 4 nitrogen and oxygen atoms in total. The van der Waals surface area contributed by atoms with Crippen LogP contribution in [0.5, 0.6) is 5.75 Å². The van der Waals surface area contributed by atoms with Gasteiger partial charge in [-0.25, -0.2) is 4.98 Å². The van der Waals surface area contributed by atoms with Crippen molar-refractivity contribution >= 4 is 33.4 Å². The summed E-state index contributed by atoms with van der Waals surface area (Å²) in [4.78, 5) is 17.9. The van der Waals surface area contributed by atoms with E-state index in [0.717, 1.165) is 33.1 Å². The highest BCUT2D eigenvalue weighted by Crippen LogP contribution is 2.25. The number of para-hydroxylation sites is 2. The molecule has 5 heteroatoms. The molecule has 0 saturated heterocycles. The lowest BCUT2D eigenvalue weighted by Crippen LogP contribution is -2.01. The Morgan fingerprint density at radius 1 is 0.767 bits per heavy atom. The highest BCUT2D eigenvalue weighted by Gasteiger charge is 2.04. The van der Waals surface area contributed by atoms with Crippen LogP contribution in [0.1, 0.15) is 5.56 Å². The molecule has 0 radical (unpaired) electrons. The van der Waals surface area contributed by atoms with Gasteiger partial charge in [0.05, 0.1) is 0 Å². The fraction of sp³-hybridized carbons (Fsp3) is 0.0400. The smallest absolute Gasteiger partial charge is 0.248 e. The van der Waals surface area contributed by atoms with Crippen LogP contribution in [-0.2, 0) is 6.61 Å². The van der Waals surface area contributed by atoms with Gasteiger partial charge in [-0.15, -0.1) is 0 Å². The number of benzene rings is 3. The maximum Gasteiger partial charge on any atom is 0.248 e. The summed E-state index contributed by atoms with van der Waals surface area (Å²) in [7, 11) is 0. The van der Waals surface area contributed by atoms with Crippen molar-refractivity contribution in [3.8, 4) is 5.75 Å². The molecule has 2 heterocycles. The number of rotatable bonds is 3. The van der Waals surface area contributed by atoms with E-state index in [-0.39, 0.29) is 5.56 Å². The Hall–Kier alpha value is -3.63. The third-order valence-corrected chi connectivity index (χ3v) is 4.73. The molecule has 30 heavy (non-hydrogen) atoms. The summed E-state index contributed by atoms with van der Waals surface area (Å²) in [5, 5.41) is 2.56. The Balaban J connectivity index is 0.000000168. The number of aromatic nitrogens is 2. The van der Waals surface area contributed by atoms with Gasteiger partial charge in [0, 0.05) is 17.0 Å². The van der Waals surface area contributed by atoms with Crippen molar-refractivity contribution in [1.82, 2.24) is 9.97 Å². The quantitative estimate of drug-likeness (QED) is 0.368. The molecule has 3 aromatic carbocycles. The first-order valence-electron chi connectivity index (χ1n) is 9.49. The van der Waals surface area contributed by atoms with Crippen molar-refractivity contribution in [1.29, 1.82) is 0 Å². The lowest BCUT2D eigenvalue weighted by atomic mass is 10.2. The van der Waals surface area contributed by atoms with Crippen molar-refractivity contribution < 1.29 is 4.74 Å². The molecular weight excluding hydrogens is 396 g/mol. The monoisotopic (exact) mass is 414 g/mol. The number of nitrogens with one attached hydrogen (secondary N) is 1. The SMILES string of the molecule is Clc1ccc2cccc(OCc3ccccc3)c2n1.O=c1ccc2ccccc2[nH]1. The molecule has 0 aliphatic rings. The van der Waals surface area contributed by atoms with E-state index >= 15 is 0 Å². The van der Waals surface area contributed by atoms with Crippen LogP contribution in [-0.4, -0.2) is 9.97 Å². The van der Waals surface area contributed by atoms with Gasteiger partial charge in [0.25, 0.3) is 0 Å². The molecule has 5 aromatic rings. The van der Waals surface area contributed by atoms with Crippen molar-refractivity contribution in [2.24, 2.45) is 0 Å². The standard InChI is InChI=1S/C16H12ClNO.C9H7NO/c17-15-10-9-13-7-4-8-14(16(13)18-15)19-11-12-5-2-1-3-6-12;11-9-6-5-7-3-1-2-4-8(7)10-9/h1-10H,11H2;1-6H,(H,10,11). The number of nitrogens with zero attached hydrogens (tertiary/aromatic N) is 1. The van der Waals surface area contributed by atoms with Crippen molar-refractivity contribution in [3.05, 3.63) is 118 Å². The molecule has 0 aliphatic heterocycles. The zero-order valence-electron chi connectivity index (χ0n) is 16.1. The second-order valence-corrected chi connectivity index (χ2v) is 7.03. The van der Waals surface area contributed by atoms with Gasteiger partial charge in [-0.05, 0) is 41.3 Å². The lowest BCUT2D eigenvalue weighted by Gasteiger charge is -2.08. The molecule has 0 atom stereocenters. The molecule has 0 aliphatic carbocycles. The van der Waals surface area contributed by atoms with Gasteiger partial charge in [0.2, 0.25) is 5.56 Å². The summed E-state index contributed by atoms with van der Waals surface area (Å²) < 4.78 is 5.84. The van der Waals surface area contributed by atoms with Crippen LogP contribution in [0.2, 0.25) is 5.15 Å². The Kier molecular flexibility index (Phi) is 6.06. The van der Waals surface area contributed by atoms with Crippen LogP contribution >= 0.6 is 11.6 Å². The first kappa shape index (κ1) is 19.7. The van der Waals surface area contributed by atoms with Gasteiger partial charge in [0.1, 0.15) is 23.0 Å². The first-order valence-corrected chi connectivity index (χ1v) is 9.87. The van der Waals surface area contributed by atoms with E-state index in [1.807, 2.05) is 84.9 Å².